The van der Waals surface area contributed by atoms with Crippen molar-refractivity contribution in [3.63, 3.8) is 0 Å². The number of ether oxygens (including phenoxy) is 1. The minimum atomic E-state index is -0.204. The highest BCUT2D eigenvalue weighted by atomic mass is 32.2. The largest absolute Gasteiger partial charge is 0.494 e. The van der Waals surface area contributed by atoms with Crippen molar-refractivity contribution in [3.8, 4) is 5.75 Å². The van der Waals surface area contributed by atoms with E-state index in [2.05, 4.69) is 5.43 Å². The minimum Gasteiger partial charge on any atom is -0.494 e. The molecule has 0 spiro atoms. The highest BCUT2D eigenvalue weighted by Crippen LogP contribution is 2.27. The monoisotopic (exact) mass is 306 g/mol. The van der Waals surface area contributed by atoms with Gasteiger partial charge in [0.15, 0.2) is 0 Å². The number of thioether (sulfide) groups is 1. The van der Waals surface area contributed by atoms with Gasteiger partial charge in [0.2, 0.25) is 0 Å². The van der Waals surface area contributed by atoms with Crippen molar-refractivity contribution < 1.29 is 9.13 Å². The summed E-state index contributed by atoms with van der Waals surface area (Å²) in [5, 5.41) is 0. The number of hydrogen-bond donors (Lipinski definition) is 2. The summed E-state index contributed by atoms with van der Waals surface area (Å²) in [4.78, 5) is 0.628. The van der Waals surface area contributed by atoms with Crippen LogP contribution in [-0.2, 0) is 0 Å². The minimum absolute atomic E-state index is 0.0507. The molecule has 0 saturated carbocycles. The molecule has 0 aliphatic rings. The van der Waals surface area contributed by atoms with E-state index in [4.69, 9.17) is 10.6 Å². The second-order valence-corrected chi connectivity index (χ2v) is 5.52. The van der Waals surface area contributed by atoms with E-state index in [1.165, 1.54) is 17.8 Å². The zero-order valence-electron chi connectivity index (χ0n) is 11.9. The Bertz CT molecular complexity index is 562. The number of hydrogen-bond acceptors (Lipinski definition) is 4. The van der Waals surface area contributed by atoms with E-state index in [1.54, 1.807) is 12.1 Å². The fourth-order valence-electron chi connectivity index (χ4n) is 1.94. The van der Waals surface area contributed by atoms with Crippen LogP contribution in [0, 0.1) is 5.82 Å². The molecule has 0 aliphatic heterocycles. The SMILES string of the molecule is CCOc1ccc(C(CSc2ccccc2F)NN)cc1. The Morgan fingerprint density at radius 2 is 1.90 bits per heavy atom. The van der Waals surface area contributed by atoms with Gasteiger partial charge in [-0.3, -0.25) is 11.3 Å². The van der Waals surface area contributed by atoms with Crippen molar-refractivity contribution >= 4 is 11.8 Å². The molecule has 1 atom stereocenters. The smallest absolute Gasteiger partial charge is 0.136 e. The first-order valence-electron chi connectivity index (χ1n) is 6.80. The summed E-state index contributed by atoms with van der Waals surface area (Å²) < 4.78 is 19.0. The molecule has 1 unspecified atom stereocenters. The van der Waals surface area contributed by atoms with Crippen LogP contribution in [0.4, 0.5) is 4.39 Å². The molecule has 2 rings (SSSR count). The topological polar surface area (TPSA) is 47.3 Å². The highest BCUT2D eigenvalue weighted by Gasteiger charge is 2.11. The van der Waals surface area contributed by atoms with E-state index in [1.807, 2.05) is 37.3 Å². The second kappa shape index (κ2) is 8.02. The predicted molar refractivity (Wildman–Crippen MR) is 84.8 cm³/mol. The molecule has 21 heavy (non-hydrogen) atoms. The number of hydrazine groups is 1. The summed E-state index contributed by atoms with van der Waals surface area (Å²) in [6, 6.07) is 14.5. The van der Waals surface area contributed by atoms with Crippen LogP contribution in [0.25, 0.3) is 0 Å². The van der Waals surface area contributed by atoms with E-state index in [9.17, 15) is 4.39 Å². The van der Waals surface area contributed by atoms with Crippen LogP contribution in [0.5, 0.6) is 5.75 Å². The molecular weight excluding hydrogens is 287 g/mol. The third-order valence-corrected chi connectivity index (χ3v) is 4.18. The van der Waals surface area contributed by atoms with Crippen molar-refractivity contribution in [2.24, 2.45) is 5.84 Å². The van der Waals surface area contributed by atoms with Crippen LogP contribution in [0.2, 0.25) is 0 Å². The van der Waals surface area contributed by atoms with Gasteiger partial charge in [-0.05, 0) is 36.8 Å². The quantitative estimate of drug-likeness (QED) is 0.467. The lowest BCUT2D eigenvalue weighted by atomic mass is 10.1. The Balaban J connectivity index is 2.01. The normalized spacial score (nSPS) is 12.1. The maximum Gasteiger partial charge on any atom is 0.136 e. The van der Waals surface area contributed by atoms with Crippen molar-refractivity contribution in [1.82, 2.24) is 5.43 Å². The number of benzene rings is 2. The Morgan fingerprint density at radius 1 is 1.19 bits per heavy atom. The van der Waals surface area contributed by atoms with Crippen LogP contribution in [0.1, 0.15) is 18.5 Å². The zero-order chi connectivity index (χ0) is 15.1. The van der Waals surface area contributed by atoms with Crippen molar-refractivity contribution in [2.75, 3.05) is 12.4 Å². The highest BCUT2D eigenvalue weighted by molar-refractivity contribution is 7.99. The van der Waals surface area contributed by atoms with Crippen LogP contribution in [-0.4, -0.2) is 12.4 Å². The van der Waals surface area contributed by atoms with Crippen molar-refractivity contribution in [2.45, 2.75) is 17.9 Å². The van der Waals surface area contributed by atoms with Crippen LogP contribution >= 0.6 is 11.8 Å². The molecule has 3 N–H and O–H groups in total. The fourth-order valence-corrected chi connectivity index (χ4v) is 2.95. The summed E-state index contributed by atoms with van der Waals surface area (Å²) >= 11 is 1.44. The van der Waals surface area contributed by atoms with E-state index in [-0.39, 0.29) is 11.9 Å². The Kier molecular flexibility index (Phi) is 6.04. The molecule has 2 aromatic rings. The summed E-state index contributed by atoms with van der Waals surface area (Å²) in [7, 11) is 0. The molecule has 2 aromatic carbocycles. The molecular formula is C16H19FN2OS. The molecule has 112 valence electrons. The van der Waals surface area contributed by atoms with Crippen LogP contribution in [0.15, 0.2) is 53.4 Å². The molecule has 0 bridgehead atoms. The van der Waals surface area contributed by atoms with Gasteiger partial charge < -0.3 is 4.74 Å². The van der Waals surface area contributed by atoms with Crippen LogP contribution < -0.4 is 16.0 Å². The Labute approximate surface area is 128 Å². The van der Waals surface area contributed by atoms with Gasteiger partial charge in [-0.1, -0.05) is 24.3 Å². The molecule has 0 fully saturated rings. The molecule has 0 saturated heterocycles. The van der Waals surface area contributed by atoms with Gasteiger partial charge in [0, 0.05) is 10.6 Å². The van der Waals surface area contributed by atoms with Gasteiger partial charge in [-0.2, -0.15) is 0 Å². The molecule has 0 radical (unpaired) electrons. The molecule has 0 aliphatic carbocycles. The number of nitrogens with two attached hydrogens (primary N) is 1. The van der Waals surface area contributed by atoms with E-state index >= 15 is 0 Å². The van der Waals surface area contributed by atoms with Crippen LogP contribution in [0.3, 0.4) is 0 Å². The van der Waals surface area contributed by atoms with E-state index in [0.29, 0.717) is 17.3 Å². The lowest BCUT2D eigenvalue weighted by Crippen LogP contribution is -2.29. The molecule has 0 aromatic heterocycles. The molecule has 0 amide bonds. The Hall–Kier alpha value is -1.56. The first-order valence-corrected chi connectivity index (χ1v) is 7.79. The maximum atomic E-state index is 13.6. The number of nitrogens with one attached hydrogen (secondary N) is 1. The molecule has 5 heteroatoms. The van der Waals surface area contributed by atoms with Gasteiger partial charge in [0.05, 0.1) is 12.6 Å². The fraction of sp³-hybridized carbons (Fsp3) is 0.250. The van der Waals surface area contributed by atoms with E-state index < -0.39 is 0 Å². The first kappa shape index (κ1) is 15.8. The lowest BCUT2D eigenvalue weighted by molar-refractivity contribution is 0.340. The number of halogens is 1. The van der Waals surface area contributed by atoms with Gasteiger partial charge >= 0.3 is 0 Å². The molecule has 0 heterocycles. The van der Waals surface area contributed by atoms with E-state index in [0.717, 1.165) is 11.3 Å². The average molecular weight is 306 g/mol. The summed E-state index contributed by atoms with van der Waals surface area (Å²) in [5.41, 5.74) is 3.82. The summed E-state index contributed by atoms with van der Waals surface area (Å²) in [6.07, 6.45) is 0. The van der Waals surface area contributed by atoms with Gasteiger partial charge in [-0.15, -0.1) is 11.8 Å². The predicted octanol–water partition coefficient (Wildman–Crippen LogP) is 3.52. The molecule has 3 nitrogen and oxygen atoms in total. The second-order valence-electron chi connectivity index (χ2n) is 4.46. The van der Waals surface area contributed by atoms with Gasteiger partial charge in [-0.25, -0.2) is 4.39 Å². The average Bonchev–Trinajstić information content (AvgIpc) is 2.51. The third kappa shape index (κ3) is 4.46. The first-order chi connectivity index (χ1) is 10.2. The lowest BCUT2D eigenvalue weighted by Gasteiger charge is -2.16. The standard InChI is InChI=1S/C16H19FN2OS/c1-2-20-13-9-7-12(8-10-13)15(19-18)11-21-16-6-4-3-5-14(16)17/h3-10,15,19H,2,11,18H2,1H3. The van der Waals surface area contributed by atoms with Crippen molar-refractivity contribution in [1.29, 1.82) is 0 Å². The zero-order valence-corrected chi connectivity index (χ0v) is 12.7. The van der Waals surface area contributed by atoms with Crippen molar-refractivity contribution in [3.05, 3.63) is 59.9 Å². The number of rotatable bonds is 7. The van der Waals surface area contributed by atoms with Gasteiger partial charge in [0.25, 0.3) is 0 Å². The summed E-state index contributed by atoms with van der Waals surface area (Å²) in [5.74, 6) is 6.89. The summed E-state index contributed by atoms with van der Waals surface area (Å²) in [6.45, 7) is 2.59. The maximum absolute atomic E-state index is 13.6. The third-order valence-electron chi connectivity index (χ3n) is 3.04. The van der Waals surface area contributed by atoms with Gasteiger partial charge in [0.1, 0.15) is 11.6 Å². The Morgan fingerprint density at radius 3 is 2.52 bits per heavy atom.